The van der Waals surface area contributed by atoms with E-state index in [0.29, 0.717) is 23.0 Å². The molecule has 3 N–H and O–H groups in total. The number of likely N-dealkylation sites (tertiary alicyclic amines) is 1. The van der Waals surface area contributed by atoms with E-state index in [0.717, 1.165) is 31.5 Å². The van der Waals surface area contributed by atoms with Crippen molar-refractivity contribution in [3.05, 3.63) is 59.1 Å². The van der Waals surface area contributed by atoms with Gasteiger partial charge >= 0.3 is 0 Å². The Labute approximate surface area is 169 Å². The van der Waals surface area contributed by atoms with E-state index in [2.05, 4.69) is 10.2 Å². The summed E-state index contributed by atoms with van der Waals surface area (Å²) in [6.45, 7) is 2.30. The Bertz CT molecular complexity index is 826. The lowest BCUT2D eigenvalue weighted by Crippen LogP contribution is -2.40. The van der Waals surface area contributed by atoms with Gasteiger partial charge in [-0.2, -0.15) is 0 Å². The van der Waals surface area contributed by atoms with Crippen molar-refractivity contribution < 1.29 is 14.3 Å². The predicted molar refractivity (Wildman–Crippen MR) is 109 cm³/mol. The van der Waals surface area contributed by atoms with Gasteiger partial charge in [-0.05, 0) is 49.2 Å². The van der Waals surface area contributed by atoms with E-state index in [4.69, 9.17) is 22.1 Å². The molecule has 1 aliphatic heterocycles. The highest BCUT2D eigenvalue weighted by molar-refractivity contribution is 6.32. The van der Waals surface area contributed by atoms with E-state index in [1.54, 1.807) is 24.3 Å². The van der Waals surface area contributed by atoms with Crippen molar-refractivity contribution in [3.8, 4) is 5.75 Å². The molecule has 1 aliphatic rings. The second-order valence-corrected chi connectivity index (χ2v) is 7.35. The van der Waals surface area contributed by atoms with Crippen LogP contribution in [0.2, 0.25) is 5.02 Å². The number of hydrogen-bond acceptors (Lipinski definition) is 4. The zero-order chi connectivity index (χ0) is 19.9. The lowest BCUT2D eigenvalue weighted by molar-refractivity contribution is -0.123. The van der Waals surface area contributed by atoms with Crippen molar-refractivity contribution in [2.24, 2.45) is 11.7 Å². The maximum Gasteiger partial charge on any atom is 0.262 e. The van der Waals surface area contributed by atoms with Crippen molar-refractivity contribution in [2.75, 3.05) is 25.0 Å². The summed E-state index contributed by atoms with van der Waals surface area (Å²) in [5, 5.41) is 3.27. The second kappa shape index (κ2) is 9.57. The van der Waals surface area contributed by atoms with Gasteiger partial charge in [-0.1, -0.05) is 35.9 Å². The van der Waals surface area contributed by atoms with Gasteiger partial charge in [0.25, 0.3) is 5.91 Å². The van der Waals surface area contributed by atoms with E-state index in [1.807, 2.05) is 24.3 Å². The minimum atomic E-state index is -0.256. The van der Waals surface area contributed by atoms with E-state index < -0.39 is 0 Å². The fourth-order valence-corrected chi connectivity index (χ4v) is 3.48. The zero-order valence-corrected chi connectivity index (χ0v) is 16.3. The van der Waals surface area contributed by atoms with Gasteiger partial charge in [-0.15, -0.1) is 0 Å². The van der Waals surface area contributed by atoms with Crippen LogP contribution in [0, 0.1) is 5.92 Å². The minimum absolute atomic E-state index is 0.0644. The normalized spacial score (nSPS) is 17.1. The number of carbonyl (C=O) groups excluding carboxylic acids is 2. The number of nitrogens with zero attached hydrogens (tertiary/aromatic N) is 1. The monoisotopic (exact) mass is 401 g/mol. The SMILES string of the molecule is NC(=O)C1CCCN(Cc2ccc(NC(=O)COc3ccccc3Cl)cc2)C1. The van der Waals surface area contributed by atoms with Crippen LogP contribution in [-0.4, -0.2) is 36.4 Å². The van der Waals surface area contributed by atoms with Crippen LogP contribution in [0.3, 0.4) is 0 Å². The number of benzene rings is 2. The first-order chi connectivity index (χ1) is 13.5. The largest absolute Gasteiger partial charge is 0.482 e. The summed E-state index contributed by atoms with van der Waals surface area (Å²) in [6.07, 6.45) is 1.85. The van der Waals surface area contributed by atoms with Crippen LogP contribution < -0.4 is 15.8 Å². The molecule has 1 heterocycles. The van der Waals surface area contributed by atoms with Crippen LogP contribution in [0.4, 0.5) is 5.69 Å². The molecule has 2 aromatic rings. The van der Waals surface area contributed by atoms with Crippen LogP contribution in [-0.2, 0) is 16.1 Å². The van der Waals surface area contributed by atoms with Crippen LogP contribution in [0.1, 0.15) is 18.4 Å². The molecule has 6 nitrogen and oxygen atoms in total. The van der Waals surface area contributed by atoms with Crippen molar-refractivity contribution in [1.82, 2.24) is 4.90 Å². The number of piperidine rings is 1. The summed E-state index contributed by atoms with van der Waals surface area (Å²) in [4.78, 5) is 25.7. The van der Waals surface area contributed by atoms with Gasteiger partial charge in [0.15, 0.2) is 6.61 Å². The standard InChI is InChI=1S/C21H24ClN3O3/c22-18-5-1-2-6-19(18)28-14-20(26)24-17-9-7-15(8-10-17)12-25-11-3-4-16(13-25)21(23)27/h1-2,5-10,16H,3-4,11-14H2,(H2,23,27)(H,24,26). The number of hydrogen-bond donors (Lipinski definition) is 2. The highest BCUT2D eigenvalue weighted by Crippen LogP contribution is 2.23. The predicted octanol–water partition coefficient (Wildman–Crippen LogP) is 3.05. The molecule has 0 radical (unpaired) electrons. The quantitative estimate of drug-likeness (QED) is 0.746. The lowest BCUT2D eigenvalue weighted by atomic mass is 9.97. The van der Waals surface area contributed by atoms with Gasteiger partial charge in [0.2, 0.25) is 5.91 Å². The molecule has 1 atom stereocenters. The smallest absolute Gasteiger partial charge is 0.262 e. The lowest BCUT2D eigenvalue weighted by Gasteiger charge is -2.31. The number of carbonyl (C=O) groups is 2. The molecule has 2 amide bonds. The summed E-state index contributed by atoms with van der Waals surface area (Å²) in [7, 11) is 0. The van der Waals surface area contributed by atoms with E-state index in [9.17, 15) is 9.59 Å². The Morgan fingerprint density at radius 3 is 2.64 bits per heavy atom. The van der Waals surface area contributed by atoms with Gasteiger partial charge in [0.1, 0.15) is 5.75 Å². The summed E-state index contributed by atoms with van der Waals surface area (Å²) < 4.78 is 5.44. The molecule has 1 fully saturated rings. The number of halogens is 1. The molecule has 1 unspecified atom stereocenters. The van der Waals surface area contributed by atoms with Crippen molar-refractivity contribution in [3.63, 3.8) is 0 Å². The van der Waals surface area contributed by atoms with Gasteiger partial charge in [-0.25, -0.2) is 0 Å². The highest BCUT2D eigenvalue weighted by Gasteiger charge is 2.23. The summed E-state index contributed by atoms with van der Waals surface area (Å²) in [5.41, 5.74) is 7.26. The van der Waals surface area contributed by atoms with E-state index in [1.165, 1.54) is 0 Å². The Morgan fingerprint density at radius 2 is 1.93 bits per heavy atom. The second-order valence-electron chi connectivity index (χ2n) is 6.94. The number of nitrogens with one attached hydrogen (secondary N) is 1. The minimum Gasteiger partial charge on any atom is -0.482 e. The molecule has 148 valence electrons. The average Bonchev–Trinajstić information content (AvgIpc) is 2.69. The molecular weight excluding hydrogens is 378 g/mol. The molecule has 2 aromatic carbocycles. The van der Waals surface area contributed by atoms with Crippen LogP contribution in [0.5, 0.6) is 5.75 Å². The van der Waals surface area contributed by atoms with Gasteiger partial charge in [0.05, 0.1) is 10.9 Å². The summed E-state index contributed by atoms with van der Waals surface area (Å²) in [6, 6.07) is 14.7. The van der Waals surface area contributed by atoms with Crippen LogP contribution in [0.25, 0.3) is 0 Å². The number of primary amides is 1. The van der Waals surface area contributed by atoms with E-state index >= 15 is 0 Å². The molecule has 0 aliphatic carbocycles. The number of nitrogens with two attached hydrogens (primary N) is 1. The molecule has 28 heavy (non-hydrogen) atoms. The molecule has 0 spiro atoms. The Balaban J connectivity index is 1.48. The van der Waals surface area contributed by atoms with Crippen LogP contribution in [0.15, 0.2) is 48.5 Å². The third-order valence-corrected chi connectivity index (χ3v) is 5.06. The highest BCUT2D eigenvalue weighted by atomic mass is 35.5. The maximum atomic E-state index is 12.1. The number of para-hydroxylation sites is 1. The average molecular weight is 402 g/mol. The third kappa shape index (κ3) is 5.71. The fourth-order valence-electron chi connectivity index (χ4n) is 3.29. The Morgan fingerprint density at radius 1 is 1.18 bits per heavy atom. The molecule has 0 bridgehead atoms. The molecule has 3 rings (SSSR count). The zero-order valence-electron chi connectivity index (χ0n) is 15.6. The number of rotatable bonds is 7. The topological polar surface area (TPSA) is 84.7 Å². The maximum absolute atomic E-state index is 12.1. The Kier molecular flexibility index (Phi) is 6.90. The molecule has 0 aromatic heterocycles. The number of amides is 2. The Hall–Kier alpha value is -2.57. The molecule has 1 saturated heterocycles. The fraction of sp³-hybridized carbons (Fsp3) is 0.333. The van der Waals surface area contributed by atoms with Gasteiger partial charge in [0, 0.05) is 18.8 Å². The molecule has 0 saturated carbocycles. The molecular formula is C21H24ClN3O3. The first-order valence-electron chi connectivity index (χ1n) is 9.29. The van der Waals surface area contributed by atoms with Crippen LogP contribution >= 0.6 is 11.6 Å². The first-order valence-corrected chi connectivity index (χ1v) is 9.67. The molecule has 7 heteroatoms. The summed E-state index contributed by atoms with van der Waals surface area (Å²) >= 11 is 6.01. The third-order valence-electron chi connectivity index (χ3n) is 4.75. The van der Waals surface area contributed by atoms with Crippen molar-refractivity contribution >= 4 is 29.1 Å². The van der Waals surface area contributed by atoms with Crippen molar-refractivity contribution in [1.29, 1.82) is 0 Å². The van der Waals surface area contributed by atoms with Gasteiger partial charge in [-0.3, -0.25) is 14.5 Å². The first kappa shape index (κ1) is 20.2. The number of anilines is 1. The van der Waals surface area contributed by atoms with Gasteiger partial charge < -0.3 is 15.8 Å². The van der Waals surface area contributed by atoms with Crippen molar-refractivity contribution in [2.45, 2.75) is 19.4 Å². The number of ether oxygens (including phenoxy) is 1. The summed E-state index contributed by atoms with van der Waals surface area (Å²) in [5.74, 6) is -0.0642. The van der Waals surface area contributed by atoms with E-state index in [-0.39, 0.29) is 24.3 Å².